The molecule has 1 aliphatic rings. The first-order valence-electron chi connectivity index (χ1n) is 8.23. The zero-order valence-corrected chi connectivity index (χ0v) is 15.2. The molecule has 11 heteroatoms. The van der Waals surface area contributed by atoms with Gasteiger partial charge in [0.2, 0.25) is 0 Å². The number of amides is 1. The first-order valence-corrected chi connectivity index (χ1v) is 8.61. The molecule has 28 heavy (non-hydrogen) atoms. The number of hydrogen-bond acceptors (Lipinski definition) is 7. The zero-order valence-electron chi connectivity index (χ0n) is 14.5. The Labute approximate surface area is 164 Å². The van der Waals surface area contributed by atoms with Gasteiger partial charge in [-0.25, -0.2) is 0 Å². The zero-order chi connectivity index (χ0) is 20.3. The molecule has 10 nitrogen and oxygen atoms in total. The molecule has 0 saturated carbocycles. The topological polar surface area (TPSA) is 128 Å². The summed E-state index contributed by atoms with van der Waals surface area (Å²) in [5, 5.41) is 24.9. The number of nitro groups is 2. The van der Waals surface area contributed by atoms with Crippen LogP contribution in [-0.4, -0.2) is 42.1 Å². The van der Waals surface area contributed by atoms with E-state index in [2.05, 4.69) is 5.32 Å². The molecular formula is C17H15ClN4O6. The Morgan fingerprint density at radius 2 is 1.71 bits per heavy atom. The van der Waals surface area contributed by atoms with Crippen LogP contribution < -0.4 is 10.2 Å². The van der Waals surface area contributed by atoms with E-state index in [1.807, 2.05) is 4.90 Å². The van der Waals surface area contributed by atoms with Crippen molar-refractivity contribution in [3.63, 3.8) is 0 Å². The van der Waals surface area contributed by atoms with E-state index in [9.17, 15) is 25.0 Å². The largest absolute Gasteiger partial charge is 0.378 e. The van der Waals surface area contributed by atoms with Gasteiger partial charge in [-0.2, -0.15) is 0 Å². The summed E-state index contributed by atoms with van der Waals surface area (Å²) in [5.74, 6) is -0.645. The molecule has 1 N–H and O–H groups in total. The fourth-order valence-electron chi connectivity index (χ4n) is 2.82. The Bertz CT molecular complexity index is 945. The van der Waals surface area contributed by atoms with Gasteiger partial charge in [-0.3, -0.25) is 25.0 Å². The van der Waals surface area contributed by atoms with Gasteiger partial charge in [-0.15, -0.1) is 0 Å². The summed E-state index contributed by atoms with van der Waals surface area (Å²) in [6.07, 6.45) is 0. The van der Waals surface area contributed by atoms with E-state index in [1.54, 1.807) is 12.1 Å². The number of rotatable bonds is 5. The van der Waals surface area contributed by atoms with Gasteiger partial charge in [-0.1, -0.05) is 11.6 Å². The van der Waals surface area contributed by atoms with Crippen LogP contribution in [0, 0.1) is 20.2 Å². The normalized spacial score (nSPS) is 13.8. The standard InChI is InChI=1S/C17H15ClN4O6/c18-13-3-1-11(9-15(13)21(24)25)17(23)19-12-2-4-14(16(10-12)22(26)27)20-5-7-28-8-6-20/h1-4,9-10H,5-8H2,(H,19,23). The Hall–Kier alpha value is -3.24. The van der Waals surface area contributed by atoms with Gasteiger partial charge in [0.25, 0.3) is 17.3 Å². The summed E-state index contributed by atoms with van der Waals surface area (Å²) >= 11 is 5.74. The first kappa shape index (κ1) is 19.5. The maximum absolute atomic E-state index is 12.4. The monoisotopic (exact) mass is 406 g/mol. The highest BCUT2D eigenvalue weighted by Gasteiger charge is 2.23. The van der Waals surface area contributed by atoms with E-state index in [0.29, 0.717) is 32.0 Å². The Morgan fingerprint density at radius 1 is 1.04 bits per heavy atom. The van der Waals surface area contributed by atoms with E-state index in [-0.39, 0.29) is 22.0 Å². The molecule has 0 aromatic heterocycles. The average molecular weight is 407 g/mol. The molecule has 1 amide bonds. The maximum Gasteiger partial charge on any atom is 0.294 e. The second-order valence-corrected chi connectivity index (χ2v) is 6.34. The van der Waals surface area contributed by atoms with E-state index in [1.165, 1.54) is 18.2 Å². The number of carbonyl (C=O) groups is 1. The lowest BCUT2D eigenvalue weighted by Gasteiger charge is -2.28. The number of hydrogen-bond donors (Lipinski definition) is 1. The van der Waals surface area contributed by atoms with Crippen LogP contribution in [-0.2, 0) is 4.74 Å². The van der Waals surface area contributed by atoms with Crippen molar-refractivity contribution in [3.05, 3.63) is 67.2 Å². The van der Waals surface area contributed by atoms with Gasteiger partial charge >= 0.3 is 0 Å². The Kier molecular flexibility index (Phi) is 5.71. The molecule has 0 radical (unpaired) electrons. The second-order valence-electron chi connectivity index (χ2n) is 5.94. The number of nitrogens with one attached hydrogen (secondary N) is 1. The minimum absolute atomic E-state index is 0.0102. The summed E-state index contributed by atoms with van der Waals surface area (Å²) in [5.41, 5.74) is 0.0977. The Morgan fingerprint density at radius 3 is 2.36 bits per heavy atom. The molecule has 1 aliphatic heterocycles. The van der Waals surface area contributed by atoms with E-state index < -0.39 is 21.4 Å². The van der Waals surface area contributed by atoms with Crippen molar-refractivity contribution in [1.82, 2.24) is 0 Å². The summed E-state index contributed by atoms with van der Waals surface area (Å²) < 4.78 is 5.26. The van der Waals surface area contributed by atoms with Gasteiger partial charge in [0, 0.05) is 36.5 Å². The highest BCUT2D eigenvalue weighted by atomic mass is 35.5. The minimum Gasteiger partial charge on any atom is -0.378 e. The average Bonchev–Trinajstić information content (AvgIpc) is 2.68. The molecule has 0 unspecified atom stereocenters. The molecule has 1 fully saturated rings. The number of anilines is 2. The third-order valence-electron chi connectivity index (χ3n) is 4.19. The smallest absolute Gasteiger partial charge is 0.294 e. The van der Waals surface area contributed by atoms with Crippen molar-refractivity contribution in [3.8, 4) is 0 Å². The van der Waals surface area contributed by atoms with Gasteiger partial charge < -0.3 is 15.0 Å². The van der Waals surface area contributed by atoms with Crippen LogP contribution in [0.1, 0.15) is 10.4 Å². The minimum atomic E-state index is -0.693. The number of nitrogens with zero attached hydrogens (tertiary/aromatic N) is 3. The lowest BCUT2D eigenvalue weighted by Crippen LogP contribution is -2.36. The third-order valence-corrected chi connectivity index (χ3v) is 4.51. The van der Waals surface area contributed by atoms with Crippen LogP contribution in [0.3, 0.4) is 0 Å². The van der Waals surface area contributed by atoms with Crippen molar-refractivity contribution in [2.75, 3.05) is 36.5 Å². The molecule has 146 valence electrons. The molecule has 0 aliphatic carbocycles. The first-order chi connectivity index (χ1) is 13.4. The number of carbonyl (C=O) groups excluding carboxylic acids is 1. The maximum atomic E-state index is 12.4. The summed E-state index contributed by atoms with van der Waals surface area (Å²) in [7, 11) is 0. The summed E-state index contributed by atoms with van der Waals surface area (Å²) in [6, 6.07) is 7.99. The molecule has 1 saturated heterocycles. The molecule has 0 spiro atoms. The number of morpholine rings is 1. The van der Waals surface area contributed by atoms with Gasteiger partial charge in [0.1, 0.15) is 10.7 Å². The fourth-order valence-corrected chi connectivity index (χ4v) is 3.00. The van der Waals surface area contributed by atoms with Gasteiger partial charge in [-0.05, 0) is 24.3 Å². The van der Waals surface area contributed by atoms with Crippen molar-refractivity contribution in [1.29, 1.82) is 0 Å². The molecule has 3 rings (SSSR count). The van der Waals surface area contributed by atoms with Crippen molar-refractivity contribution in [2.24, 2.45) is 0 Å². The number of nitro benzene ring substituents is 2. The van der Waals surface area contributed by atoms with Crippen LogP contribution in [0.15, 0.2) is 36.4 Å². The predicted molar refractivity (Wildman–Crippen MR) is 102 cm³/mol. The highest BCUT2D eigenvalue weighted by Crippen LogP contribution is 2.32. The molecule has 1 heterocycles. The van der Waals surface area contributed by atoms with Gasteiger partial charge in [0.15, 0.2) is 0 Å². The van der Waals surface area contributed by atoms with E-state index in [4.69, 9.17) is 16.3 Å². The predicted octanol–water partition coefficient (Wildman–Crippen LogP) is 3.25. The Balaban J connectivity index is 1.85. The molecular weight excluding hydrogens is 392 g/mol. The van der Waals surface area contributed by atoms with Crippen molar-refractivity contribution >= 4 is 40.3 Å². The van der Waals surface area contributed by atoms with Crippen LogP contribution >= 0.6 is 11.6 Å². The number of ether oxygens (including phenoxy) is 1. The second kappa shape index (κ2) is 8.19. The highest BCUT2D eigenvalue weighted by molar-refractivity contribution is 6.32. The van der Waals surface area contributed by atoms with Crippen LogP contribution in [0.5, 0.6) is 0 Å². The SMILES string of the molecule is O=C(Nc1ccc(N2CCOCC2)c([N+](=O)[O-])c1)c1ccc(Cl)c([N+](=O)[O-])c1. The summed E-state index contributed by atoms with van der Waals surface area (Å²) in [4.78, 5) is 35.5. The van der Waals surface area contributed by atoms with Crippen LogP contribution in [0.4, 0.5) is 22.7 Å². The van der Waals surface area contributed by atoms with E-state index >= 15 is 0 Å². The fraction of sp³-hybridized carbons (Fsp3) is 0.235. The molecule has 0 atom stereocenters. The van der Waals surface area contributed by atoms with Crippen molar-refractivity contribution < 1.29 is 19.4 Å². The van der Waals surface area contributed by atoms with Gasteiger partial charge in [0.05, 0.1) is 23.1 Å². The lowest BCUT2D eigenvalue weighted by molar-refractivity contribution is -0.384. The number of benzene rings is 2. The third kappa shape index (κ3) is 4.18. The lowest BCUT2D eigenvalue weighted by atomic mass is 10.1. The number of halogens is 1. The molecule has 2 aromatic carbocycles. The molecule has 2 aromatic rings. The summed E-state index contributed by atoms with van der Waals surface area (Å²) in [6.45, 7) is 2.01. The quantitative estimate of drug-likeness (QED) is 0.596. The van der Waals surface area contributed by atoms with Crippen LogP contribution in [0.2, 0.25) is 5.02 Å². The van der Waals surface area contributed by atoms with Crippen LogP contribution in [0.25, 0.3) is 0 Å². The van der Waals surface area contributed by atoms with Crippen molar-refractivity contribution in [2.45, 2.75) is 0 Å². The van der Waals surface area contributed by atoms with E-state index in [0.717, 1.165) is 6.07 Å². The molecule has 0 bridgehead atoms.